The van der Waals surface area contributed by atoms with Gasteiger partial charge in [0.25, 0.3) is 0 Å². The van der Waals surface area contributed by atoms with Crippen molar-refractivity contribution in [1.29, 1.82) is 0 Å². The zero-order valence-corrected chi connectivity index (χ0v) is 12.6. The van der Waals surface area contributed by atoms with Gasteiger partial charge in [-0.25, -0.2) is 9.97 Å². The maximum atomic E-state index is 4.78. The Balaban J connectivity index is 2.06. The molecule has 0 atom stereocenters. The predicted molar refractivity (Wildman–Crippen MR) is 87.7 cm³/mol. The molecule has 0 N–H and O–H groups in total. The van der Waals surface area contributed by atoms with E-state index in [9.17, 15) is 0 Å². The highest BCUT2D eigenvalue weighted by atomic mass is 15.3. The van der Waals surface area contributed by atoms with Gasteiger partial charge in [-0.2, -0.15) is 0 Å². The summed E-state index contributed by atoms with van der Waals surface area (Å²) >= 11 is 0. The lowest BCUT2D eigenvalue weighted by atomic mass is 10.2. The SMILES string of the molecule is Cc1ccc(-n2c(-n3ccnc3)nc3ccc(C)cc32)cc1. The molecule has 108 valence electrons. The molecule has 0 saturated carbocycles. The fourth-order valence-electron chi connectivity index (χ4n) is 2.67. The zero-order valence-electron chi connectivity index (χ0n) is 12.6. The Morgan fingerprint density at radius 3 is 2.41 bits per heavy atom. The van der Waals surface area contributed by atoms with Crippen LogP contribution in [0.3, 0.4) is 0 Å². The Bertz CT molecular complexity index is 931. The van der Waals surface area contributed by atoms with Crippen LogP contribution in [0.5, 0.6) is 0 Å². The fourth-order valence-corrected chi connectivity index (χ4v) is 2.67. The Morgan fingerprint density at radius 1 is 0.909 bits per heavy atom. The van der Waals surface area contributed by atoms with Gasteiger partial charge in [0, 0.05) is 18.1 Å². The second kappa shape index (κ2) is 4.84. The van der Waals surface area contributed by atoms with Crippen LogP contribution in [-0.2, 0) is 0 Å². The van der Waals surface area contributed by atoms with Crippen molar-refractivity contribution in [1.82, 2.24) is 19.1 Å². The van der Waals surface area contributed by atoms with Crippen molar-refractivity contribution >= 4 is 11.0 Å². The van der Waals surface area contributed by atoms with E-state index in [1.165, 1.54) is 11.1 Å². The van der Waals surface area contributed by atoms with E-state index in [0.29, 0.717) is 0 Å². The standard InChI is InChI=1S/C18H16N4/c1-13-3-6-15(7-4-13)22-17-11-14(2)5-8-16(17)20-18(22)21-10-9-19-12-21/h3-12H,1-2H3. The molecule has 4 aromatic rings. The van der Waals surface area contributed by atoms with Crippen molar-refractivity contribution < 1.29 is 0 Å². The predicted octanol–water partition coefficient (Wildman–Crippen LogP) is 3.83. The molecule has 0 fully saturated rings. The van der Waals surface area contributed by atoms with Crippen LogP contribution in [0.15, 0.2) is 61.2 Å². The highest BCUT2D eigenvalue weighted by molar-refractivity contribution is 5.80. The Hall–Kier alpha value is -2.88. The van der Waals surface area contributed by atoms with Crippen LogP contribution in [-0.4, -0.2) is 19.1 Å². The van der Waals surface area contributed by atoms with Gasteiger partial charge in [-0.15, -0.1) is 0 Å². The van der Waals surface area contributed by atoms with E-state index in [2.05, 4.69) is 65.9 Å². The number of imidazole rings is 2. The zero-order chi connectivity index (χ0) is 15.1. The number of hydrogen-bond donors (Lipinski definition) is 0. The Labute approximate surface area is 128 Å². The monoisotopic (exact) mass is 288 g/mol. The van der Waals surface area contributed by atoms with Crippen molar-refractivity contribution in [3.8, 4) is 11.6 Å². The Morgan fingerprint density at radius 2 is 1.68 bits per heavy atom. The van der Waals surface area contributed by atoms with Crippen molar-refractivity contribution in [3.63, 3.8) is 0 Å². The number of rotatable bonds is 2. The molecular formula is C18H16N4. The third-order valence-corrected chi connectivity index (χ3v) is 3.82. The molecule has 0 aliphatic carbocycles. The largest absolute Gasteiger partial charge is 0.278 e. The van der Waals surface area contributed by atoms with E-state index < -0.39 is 0 Å². The molecule has 0 spiro atoms. The summed E-state index contributed by atoms with van der Waals surface area (Å²) in [6, 6.07) is 14.8. The molecule has 4 heteroatoms. The van der Waals surface area contributed by atoms with Crippen molar-refractivity contribution in [2.75, 3.05) is 0 Å². The highest BCUT2D eigenvalue weighted by Crippen LogP contribution is 2.25. The first-order valence-electron chi connectivity index (χ1n) is 7.27. The van der Waals surface area contributed by atoms with E-state index in [1.807, 2.05) is 10.8 Å². The van der Waals surface area contributed by atoms with Gasteiger partial charge in [-0.1, -0.05) is 23.8 Å². The Kier molecular flexibility index (Phi) is 2.82. The van der Waals surface area contributed by atoms with E-state index in [0.717, 1.165) is 22.7 Å². The average Bonchev–Trinajstić information content (AvgIpc) is 3.15. The molecule has 4 rings (SSSR count). The number of aryl methyl sites for hydroxylation is 2. The van der Waals surface area contributed by atoms with Gasteiger partial charge in [0.05, 0.1) is 11.0 Å². The lowest BCUT2D eigenvalue weighted by molar-refractivity contribution is 0.901. The summed E-state index contributed by atoms with van der Waals surface area (Å²) in [6.45, 7) is 4.19. The molecular weight excluding hydrogens is 272 g/mol. The third-order valence-electron chi connectivity index (χ3n) is 3.82. The first kappa shape index (κ1) is 12.8. The van der Waals surface area contributed by atoms with Crippen LogP contribution >= 0.6 is 0 Å². The van der Waals surface area contributed by atoms with E-state index in [4.69, 9.17) is 4.98 Å². The molecule has 22 heavy (non-hydrogen) atoms. The third kappa shape index (κ3) is 2.00. The molecule has 2 heterocycles. The molecule has 4 nitrogen and oxygen atoms in total. The quantitative estimate of drug-likeness (QED) is 0.562. The molecule has 0 saturated heterocycles. The summed E-state index contributed by atoms with van der Waals surface area (Å²) in [5.41, 5.74) is 5.65. The van der Waals surface area contributed by atoms with Crippen LogP contribution in [0.1, 0.15) is 11.1 Å². The lowest BCUT2D eigenvalue weighted by Gasteiger charge is -2.10. The number of hydrogen-bond acceptors (Lipinski definition) is 2. The summed E-state index contributed by atoms with van der Waals surface area (Å²) in [7, 11) is 0. The molecule has 0 radical (unpaired) electrons. The van der Waals surface area contributed by atoms with Crippen LogP contribution in [0, 0.1) is 13.8 Å². The molecule has 2 aromatic carbocycles. The molecule has 0 unspecified atom stereocenters. The normalized spacial score (nSPS) is 11.2. The molecule has 0 amide bonds. The van der Waals surface area contributed by atoms with Gasteiger partial charge in [-0.3, -0.25) is 9.13 Å². The maximum absolute atomic E-state index is 4.78. The number of fused-ring (bicyclic) bond motifs is 1. The summed E-state index contributed by atoms with van der Waals surface area (Å²) in [5.74, 6) is 0.849. The fraction of sp³-hybridized carbons (Fsp3) is 0.111. The van der Waals surface area contributed by atoms with Gasteiger partial charge in [-0.05, 0) is 43.7 Å². The molecule has 2 aromatic heterocycles. The first-order chi connectivity index (χ1) is 10.7. The summed E-state index contributed by atoms with van der Waals surface area (Å²) in [5, 5.41) is 0. The number of aromatic nitrogens is 4. The van der Waals surface area contributed by atoms with Gasteiger partial charge in [0.2, 0.25) is 5.95 Å². The summed E-state index contributed by atoms with van der Waals surface area (Å²) in [4.78, 5) is 8.93. The lowest BCUT2D eigenvalue weighted by Crippen LogP contribution is -2.03. The summed E-state index contributed by atoms with van der Waals surface area (Å²) < 4.78 is 4.11. The van der Waals surface area contributed by atoms with Crippen LogP contribution in [0.25, 0.3) is 22.7 Å². The average molecular weight is 288 g/mol. The second-order valence-electron chi connectivity index (χ2n) is 5.54. The smallest absolute Gasteiger partial charge is 0.220 e. The molecule has 0 aliphatic rings. The number of benzene rings is 2. The highest BCUT2D eigenvalue weighted by Gasteiger charge is 2.13. The van der Waals surface area contributed by atoms with Gasteiger partial charge in [0.1, 0.15) is 6.33 Å². The minimum Gasteiger partial charge on any atom is -0.278 e. The van der Waals surface area contributed by atoms with Gasteiger partial charge in [0.15, 0.2) is 0 Å². The van der Waals surface area contributed by atoms with Crippen LogP contribution in [0.2, 0.25) is 0 Å². The van der Waals surface area contributed by atoms with Gasteiger partial charge < -0.3 is 0 Å². The first-order valence-corrected chi connectivity index (χ1v) is 7.27. The van der Waals surface area contributed by atoms with Crippen LogP contribution < -0.4 is 0 Å². The van der Waals surface area contributed by atoms with E-state index in [1.54, 1.807) is 12.5 Å². The number of nitrogens with zero attached hydrogens (tertiary/aromatic N) is 4. The van der Waals surface area contributed by atoms with Crippen LogP contribution in [0.4, 0.5) is 0 Å². The minimum absolute atomic E-state index is 0.849. The van der Waals surface area contributed by atoms with Crippen molar-refractivity contribution in [3.05, 3.63) is 72.3 Å². The second-order valence-corrected chi connectivity index (χ2v) is 5.54. The van der Waals surface area contributed by atoms with E-state index >= 15 is 0 Å². The summed E-state index contributed by atoms with van der Waals surface area (Å²) in [6.07, 6.45) is 5.46. The maximum Gasteiger partial charge on any atom is 0.220 e. The molecule has 0 bridgehead atoms. The minimum atomic E-state index is 0.849. The topological polar surface area (TPSA) is 35.6 Å². The van der Waals surface area contributed by atoms with Crippen molar-refractivity contribution in [2.24, 2.45) is 0 Å². The molecule has 0 aliphatic heterocycles. The van der Waals surface area contributed by atoms with Gasteiger partial charge >= 0.3 is 0 Å². The van der Waals surface area contributed by atoms with Crippen molar-refractivity contribution in [2.45, 2.75) is 13.8 Å². The van der Waals surface area contributed by atoms with E-state index in [-0.39, 0.29) is 0 Å².